The molecular formula is C38H46O3. The Morgan fingerprint density at radius 2 is 1.37 bits per heavy atom. The highest BCUT2D eigenvalue weighted by atomic mass is 16.5. The van der Waals surface area contributed by atoms with Crippen LogP contribution in [0.3, 0.4) is 0 Å². The van der Waals surface area contributed by atoms with Gasteiger partial charge in [-0.1, -0.05) is 36.4 Å². The number of benzene rings is 1. The van der Waals surface area contributed by atoms with Gasteiger partial charge in [0, 0.05) is 17.2 Å². The van der Waals surface area contributed by atoms with Crippen molar-refractivity contribution in [3.63, 3.8) is 0 Å². The highest BCUT2D eigenvalue weighted by molar-refractivity contribution is 5.82. The van der Waals surface area contributed by atoms with E-state index in [-0.39, 0.29) is 5.97 Å². The van der Waals surface area contributed by atoms with Gasteiger partial charge in [-0.05, 0) is 154 Å². The molecule has 10 rings (SSSR count). The van der Waals surface area contributed by atoms with Gasteiger partial charge < -0.3 is 9.47 Å². The molecule has 8 saturated carbocycles. The SMILES string of the molecule is CCOC(=O)C=CC=CC=CC1=Cc2cc(C34CC5CC(CC(C5)C3)C4)cc(C34CC5CC(CC(C5)C3)C4)c2OC1. The van der Waals surface area contributed by atoms with E-state index in [4.69, 9.17) is 9.47 Å². The minimum Gasteiger partial charge on any atom is -0.488 e. The second kappa shape index (κ2) is 10.0. The van der Waals surface area contributed by atoms with E-state index in [2.05, 4.69) is 30.4 Å². The fraction of sp³-hybridized carbons (Fsp3) is 0.605. The quantitative estimate of drug-likeness (QED) is 0.194. The Morgan fingerprint density at radius 1 is 0.805 bits per heavy atom. The fourth-order valence-electron chi connectivity index (χ4n) is 11.6. The molecule has 9 aliphatic rings. The third-order valence-electron chi connectivity index (χ3n) is 12.3. The van der Waals surface area contributed by atoms with E-state index in [1.807, 2.05) is 19.1 Å². The summed E-state index contributed by atoms with van der Waals surface area (Å²) >= 11 is 0. The summed E-state index contributed by atoms with van der Waals surface area (Å²) in [6.07, 6.45) is 31.0. The number of ether oxygens (including phenoxy) is 2. The van der Waals surface area contributed by atoms with Crippen molar-refractivity contribution in [1.82, 2.24) is 0 Å². The summed E-state index contributed by atoms with van der Waals surface area (Å²) in [6, 6.07) is 5.30. The first-order valence-electron chi connectivity index (χ1n) is 16.7. The average molecular weight is 551 g/mol. The summed E-state index contributed by atoms with van der Waals surface area (Å²) in [7, 11) is 0. The number of carbonyl (C=O) groups excluding carboxylic acids is 1. The zero-order chi connectivity index (χ0) is 27.6. The summed E-state index contributed by atoms with van der Waals surface area (Å²) in [4.78, 5) is 11.5. The van der Waals surface area contributed by atoms with Gasteiger partial charge in [0.2, 0.25) is 0 Å². The van der Waals surface area contributed by atoms with Crippen LogP contribution < -0.4 is 4.74 Å². The van der Waals surface area contributed by atoms with Crippen LogP contribution >= 0.6 is 0 Å². The molecular weight excluding hydrogens is 504 g/mol. The van der Waals surface area contributed by atoms with Gasteiger partial charge in [-0.2, -0.15) is 0 Å². The van der Waals surface area contributed by atoms with Crippen molar-refractivity contribution in [2.45, 2.75) is 94.8 Å². The lowest BCUT2D eigenvalue weighted by molar-refractivity contribution is -0.137. The van der Waals surface area contributed by atoms with E-state index in [0.717, 1.165) is 35.5 Å². The first-order valence-corrected chi connectivity index (χ1v) is 16.7. The standard InChI is InChI=1S/C38H46O3/c1-2-40-35(39)8-6-4-3-5-7-25-15-32-16-33(37-18-26-9-27(19-37)11-28(10-26)20-37)17-34(36(32)41-24-25)38-21-29-12-30(22-38)14-31(13-29)23-38/h3-8,15-17,26-31H,2,9-14,18-24H2,1H3. The fourth-order valence-corrected chi connectivity index (χ4v) is 11.6. The molecule has 8 bridgehead atoms. The molecule has 1 heterocycles. The summed E-state index contributed by atoms with van der Waals surface area (Å²) in [5, 5.41) is 0. The zero-order valence-electron chi connectivity index (χ0n) is 24.8. The number of rotatable bonds is 7. The molecule has 8 aliphatic carbocycles. The molecule has 0 N–H and O–H groups in total. The molecule has 0 atom stereocenters. The van der Waals surface area contributed by atoms with Crippen LogP contribution in [0.5, 0.6) is 5.75 Å². The van der Waals surface area contributed by atoms with E-state index >= 15 is 0 Å². The molecule has 0 radical (unpaired) electrons. The first kappa shape index (κ1) is 26.1. The molecule has 0 unspecified atom stereocenters. The molecule has 41 heavy (non-hydrogen) atoms. The van der Waals surface area contributed by atoms with Gasteiger partial charge >= 0.3 is 5.97 Å². The predicted molar refractivity (Wildman–Crippen MR) is 164 cm³/mol. The molecule has 1 aromatic rings. The Balaban J connectivity index is 1.14. The Kier molecular flexibility index (Phi) is 6.38. The molecule has 216 valence electrons. The molecule has 3 nitrogen and oxygen atoms in total. The molecule has 3 heteroatoms. The molecule has 8 fully saturated rings. The number of fused-ring (bicyclic) bond motifs is 1. The van der Waals surface area contributed by atoms with Crippen LogP contribution in [0.15, 0.2) is 54.2 Å². The lowest BCUT2D eigenvalue weighted by Gasteiger charge is -2.59. The van der Waals surface area contributed by atoms with Crippen LogP contribution in [0.1, 0.15) is 101 Å². The maximum absolute atomic E-state index is 11.5. The lowest BCUT2D eigenvalue weighted by atomic mass is 9.46. The van der Waals surface area contributed by atoms with E-state index in [1.54, 1.807) is 17.2 Å². The molecule has 0 amide bonds. The van der Waals surface area contributed by atoms with Crippen LogP contribution in [0.4, 0.5) is 0 Å². The van der Waals surface area contributed by atoms with Gasteiger partial charge in [-0.15, -0.1) is 0 Å². The zero-order valence-corrected chi connectivity index (χ0v) is 24.8. The molecule has 0 saturated heterocycles. The lowest BCUT2D eigenvalue weighted by Crippen LogP contribution is -2.50. The first-order chi connectivity index (χ1) is 20.0. The third-order valence-corrected chi connectivity index (χ3v) is 12.3. The van der Waals surface area contributed by atoms with Crippen molar-refractivity contribution in [3.05, 3.63) is 70.9 Å². The molecule has 0 aromatic heterocycles. The summed E-state index contributed by atoms with van der Waals surface area (Å²) in [5.74, 6) is 6.57. The average Bonchev–Trinajstić information content (AvgIpc) is 2.93. The largest absolute Gasteiger partial charge is 0.488 e. The monoisotopic (exact) mass is 550 g/mol. The Morgan fingerprint density at radius 3 is 1.95 bits per heavy atom. The topological polar surface area (TPSA) is 35.5 Å². The second-order valence-electron chi connectivity index (χ2n) is 15.2. The van der Waals surface area contributed by atoms with Gasteiger partial charge in [0.05, 0.1) is 6.61 Å². The van der Waals surface area contributed by atoms with Gasteiger partial charge in [0.1, 0.15) is 12.4 Å². The van der Waals surface area contributed by atoms with Gasteiger partial charge in [-0.3, -0.25) is 0 Å². The van der Waals surface area contributed by atoms with E-state index in [0.29, 0.717) is 24.0 Å². The van der Waals surface area contributed by atoms with E-state index in [9.17, 15) is 4.79 Å². The van der Waals surface area contributed by atoms with Crippen LogP contribution in [-0.4, -0.2) is 19.2 Å². The highest BCUT2D eigenvalue weighted by Crippen LogP contribution is 2.65. The summed E-state index contributed by atoms with van der Waals surface area (Å²) < 4.78 is 11.7. The van der Waals surface area contributed by atoms with Crippen molar-refractivity contribution >= 4 is 12.0 Å². The van der Waals surface area contributed by atoms with Crippen molar-refractivity contribution in [3.8, 4) is 5.75 Å². The smallest absolute Gasteiger partial charge is 0.330 e. The van der Waals surface area contributed by atoms with Gasteiger partial charge in [0.25, 0.3) is 0 Å². The van der Waals surface area contributed by atoms with Gasteiger partial charge in [0.15, 0.2) is 0 Å². The van der Waals surface area contributed by atoms with Crippen molar-refractivity contribution in [2.24, 2.45) is 35.5 Å². The maximum Gasteiger partial charge on any atom is 0.330 e. The van der Waals surface area contributed by atoms with E-state index < -0.39 is 0 Å². The van der Waals surface area contributed by atoms with Crippen molar-refractivity contribution in [1.29, 1.82) is 0 Å². The Hall–Kier alpha value is -2.55. The van der Waals surface area contributed by atoms with Crippen molar-refractivity contribution in [2.75, 3.05) is 13.2 Å². The number of allylic oxidation sites excluding steroid dienone is 4. The van der Waals surface area contributed by atoms with Crippen LogP contribution in [0.25, 0.3) is 6.08 Å². The third kappa shape index (κ3) is 4.66. The minimum absolute atomic E-state index is 0.300. The number of hydrogen-bond acceptors (Lipinski definition) is 3. The van der Waals surface area contributed by atoms with Crippen LogP contribution in [-0.2, 0) is 20.4 Å². The Bertz CT molecular complexity index is 1270. The molecule has 1 aliphatic heterocycles. The Labute approximate surface area is 246 Å². The van der Waals surface area contributed by atoms with Gasteiger partial charge in [-0.25, -0.2) is 4.79 Å². The number of esters is 1. The minimum atomic E-state index is -0.300. The maximum atomic E-state index is 11.5. The highest BCUT2D eigenvalue weighted by Gasteiger charge is 2.55. The van der Waals surface area contributed by atoms with Crippen LogP contribution in [0.2, 0.25) is 0 Å². The van der Waals surface area contributed by atoms with Crippen LogP contribution in [0, 0.1) is 35.5 Å². The summed E-state index contributed by atoms with van der Waals surface area (Å²) in [6.45, 7) is 2.85. The summed E-state index contributed by atoms with van der Waals surface area (Å²) in [5.41, 5.74) is 6.55. The molecule has 1 aromatic carbocycles. The number of hydrogen-bond donors (Lipinski definition) is 0. The predicted octanol–water partition coefficient (Wildman–Crippen LogP) is 8.63. The van der Waals surface area contributed by atoms with Crippen molar-refractivity contribution < 1.29 is 14.3 Å². The normalized spacial score (nSPS) is 40.0. The number of carbonyl (C=O) groups is 1. The second-order valence-corrected chi connectivity index (χ2v) is 15.2. The molecule has 0 spiro atoms. The van der Waals surface area contributed by atoms with E-state index in [1.165, 1.54) is 100 Å².